The molecular weight excluding hydrogens is 314 g/mol. The summed E-state index contributed by atoms with van der Waals surface area (Å²) < 4.78 is 0. The van der Waals surface area contributed by atoms with E-state index in [2.05, 4.69) is 11.9 Å². The number of rotatable bonds is 0. The van der Waals surface area contributed by atoms with Gasteiger partial charge in [0.2, 0.25) is 0 Å². The normalized spacial score (nSPS) is 17.7. The van der Waals surface area contributed by atoms with Gasteiger partial charge in [0.25, 0.3) is 0 Å². The van der Waals surface area contributed by atoms with E-state index in [9.17, 15) is 9.59 Å². The molecule has 1 saturated heterocycles. The Kier molecular flexibility index (Phi) is 4.01. The van der Waals surface area contributed by atoms with Crippen LogP contribution in [0.25, 0.3) is 0 Å². The van der Waals surface area contributed by atoms with Gasteiger partial charge in [-0.25, -0.2) is 4.79 Å². The Morgan fingerprint density at radius 3 is 2.28 bits per heavy atom. The van der Waals surface area contributed by atoms with Crippen molar-refractivity contribution in [3.8, 4) is 0 Å². The zero-order chi connectivity index (χ0) is 17.4. The number of carbonyl (C=O) groups is 2. The lowest BCUT2D eigenvalue weighted by atomic mass is 10.0. The molecule has 5 heteroatoms. The van der Waals surface area contributed by atoms with Crippen molar-refractivity contribution in [1.82, 2.24) is 9.80 Å². The van der Waals surface area contributed by atoms with Gasteiger partial charge in [-0.05, 0) is 30.8 Å². The highest BCUT2D eigenvalue weighted by atomic mass is 16.2. The number of hydrogen-bond acceptors (Lipinski definition) is 3. The first kappa shape index (κ1) is 15.8. The predicted octanol–water partition coefficient (Wildman–Crippen LogP) is 2.93. The first-order valence-corrected chi connectivity index (χ1v) is 8.63. The van der Waals surface area contributed by atoms with Crippen LogP contribution in [0.4, 0.5) is 16.2 Å². The lowest BCUT2D eigenvalue weighted by molar-refractivity contribution is 0.0994. The third-order valence-electron chi connectivity index (χ3n) is 4.99. The minimum absolute atomic E-state index is 0.0525. The summed E-state index contributed by atoms with van der Waals surface area (Å²) in [7, 11) is 2.07. The summed E-state index contributed by atoms with van der Waals surface area (Å²) in [6.07, 6.45) is 0.319. The van der Waals surface area contributed by atoms with Gasteiger partial charge in [0.05, 0.1) is 11.4 Å². The maximum Gasteiger partial charge on any atom is 0.329 e. The number of benzene rings is 2. The van der Waals surface area contributed by atoms with Crippen molar-refractivity contribution >= 4 is 23.2 Å². The van der Waals surface area contributed by atoms with Crippen LogP contribution in [0.5, 0.6) is 0 Å². The van der Waals surface area contributed by atoms with Gasteiger partial charge in [-0.3, -0.25) is 9.69 Å². The fraction of sp³-hybridized carbons (Fsp3) is 0.300. The van der Waals surface area contributed by atoms with Crippen LogP contribution in [0.1, 0.15) is 15.9 Å². The quantitative estimate of drug-likeness (QED) is 0.743. The number of fused-ring (bicyclic) bond motifs is 2. The van der Waals surface area contributed by atoms with E-state index < -0.39 is 0 Å². The number of Topliss-reactive ketones (excluding diaryl/α,β-unsaturated/α-hetero) is 1. The van der Waals surface area contributed by atoms with Gasteiger partial charge in [0.15, 0.2) is 5.78 Å². The van der Waals surface area contributed by atoms with Gasteiger partial charge in [0.1, 0.15) is 0 Å². The Morgan fingerprint density at radius 2 is 1.52 bits per heavy atom. The molecule has 2 aromatic carbocycles. The molecule has 2 aromatic rings. The molecule has 0 spiro atoms. The average molecular weight is 335 g/mol. The SMILES string of the molecule is CN1CCN(C(=O)N2c3ccccc3CC(=O)c3ccccc32)CC1. The fourth-order valence-corrected chi connectivity index (χ4v) is 3.53. The zero-order valence-corrected chi connectivity index (χ0v) is 14.3. The molecule has 25 heavy (non-hydrogen) atoms. The molecule has 0 atom stereocenters. The summed E-state index contributed by atoms with van der Waals surface area (Å²) in [4.78, 5) is 31.9. The summed E-state index contributed by atoms with van der Waals surface area (Å²) in [5.41, 5.74) is 3.00. The number of amides is 2. The van der Waals surface area contributed by atoms with Crippen molar-refractivity contribution in [2.45, 2.75) is 6.42 Å². The Balaban J connectivity index is 1.81. The van der Waals surface area contributed by atoms with Gasteiger partial charge in [-0.15, -0.1) is 0 Å². The molecule has 0 N–H and O–H groups in total. The maximum absolute atomic E-state index is 13.4. The number of nitrogens with zero attached hydrogens (tertiary/aromatic N) is 3. The Labute approximate surface area is 147 Å². The monoisotopic (exact) mass is 335 g/mol. The lowest BCUT2D eigenvalue weighted by Crippen LogP contribution is -2.51. The number of para-hydroxylation sites is 2. The van der Waals surface area contributed by atoms with E-state index in [1.54, 1.807) is 4.90 Å². The van der Waals surface area contributed by atoms with Gasteiger partial charge < -0.3 is 9.80 Å². The molecule has 1 fully saturated rings. The van der Waals surface area contributed by atoms with Crippen molar-refractivity contribution in [2.24, 2.45) is 0 Å². The van der Waals surface area contributed by atoms with Crippen LogP contribution in [-0.4, -0.2) is 54.8 Å². The van der Waals surface area contributed by atoms with E-state index >= 15 is 0 Å². The summed E-state index contributed by atoms with van der Waals surface area (Å²) in [6.45, 7) is 3.12. The molecule has 0 bridgehead atoms. The Hall–Kier alpha value is -2.66. The minimum Gasteiger partial charge on any atom is -0.321 e. The van der Waals surface area contributed by atoms with Crippen LogP contribution < -0.4 is 4.90 Å². The van der Waals surface area contributed by atoms with Crippen molar-refractivity contribution in [3.63, 3.8) is 0 Å². The highest BCUT2D eigenvalue weighted by Crippen LogP contribution is 2.36. The van der Waals surface area contributed by atoms with Crippen LogP contribution >= 0.6 is 0 Å². The summed E-state index contributed by atoms with van der Waals surface area (Å²) in [5.74, 6) is 0.0525. The lowest BCUT2D eigenvalue weighted by Gasteiger charge is -2.36. The van der Waals surface area contributed by atoms with Crippen molar-refractivity contribution in [3.05, 3.63) is 59.7 Å². The first-order chi connectivity index (χ1) is 12.1. The Bertz CT molecular complexity index is 825. The largest absolute Gasteiger partial charge is 0.329 e. The van der Waals surface area contributed by atoms with E-state index in [-0.39, 0.29) is 11.8 Å². The molecule has 5 nitrogen and oxygen atoms in total. The van der Waals surface area contributed by atoms with Gasteiger partial charge in [-0.2, -0.15) is 0 Å². The number of hydrogen-bond donors (Lipinski definition) is 0. The number of carbonyl (C=O) groups excluding carboxylic acids is 2. The second-order valence-corrected chi connectivity index (χ2v) is 6.65. The number of piperazine rings is 1. The molecule has 0 radical (unpaired) electrons. The number of ketones is 1. The molecule has 2 aliphatic heterocycles. The third kappa shape index (κ3) is 2.81. The summed E-state index contributed by atoms with van der Waals surface area (Å²) >= 11 is 0. The molecule has 0 saturated carbocycles. The molecule has 2 aliphatic rings. The number of likely N-dealkylation sites (N-methyl/N-ethyl adjacent to an activating group) is 1. The van der Waals surface area contributed by atoms with Gasteiger partial charge in [-0.1, -0.05) is 30.3 Å². The Morgan fingerprint density at radius 1 is 0.880 bits per heavy atom. The topological polar surface area (TPSA) is 43.9 Å². The van der Waals surface area contributed by atoms with E-state index in [1.165, 1.54) is 0 Å². The second-order valence-electron chi connectivity index (χ2n) is 6.65. The molecule has 0 aromatic heterocycles. The molecule has 0 aliphatic carbocycles. The molecule has 4 rings (SSSR count). The van der Waals surface area contributed by atoms with E-state index in [0.717, 1.165) is 24.3 Å². The fourth-order valence-electron chi connectivity index (χ4n) is 3.53. The number of anilines is 2. The minimum atomic E-state index is -0.0531. The van der Waals surface area contributed by atoms with Crippen molar-refractivity contribution in [2.75, 3.05) is 38.1 Å². The zero-order valence-electron chi connectivity index (χ0n) is 14.3. The van der Waals surface area contributed by atoms with Crippen LogP contribution in [0.2, 0.25) is 0 Å². The average Bonchev–Trinajstić information content (AvgIpc) is 2.76. The third-order valence-corrected chi connectivity index (χ3v) is 4.99. The first-order valence-electron chi connectivity index (χ1n) is 8.63. The molecule has 2 heterocycles. The van der Waals surface area contributed by atoms with Crippen LogP contribution in [0, 0.1) is 0 Å². The van der Waals surface area contributed by atoms with E-state index in [1.807, 2.05) is 53.4 Å². The van der Waals surface area contributed by atoms with E-state index in [0.29, 0.717) is 30.8 Å². The molecule has 128 valence electrons. The highest BCUT2D eigenvalue weighted by Gasteiger charge is 2.32. The standard InChI is InChI=1S/C20H21N3O2/c1-21-10-12-22(13-11-21)20(25)23-17-8-4-2-6-15(17)14-19(24)16-7-3-5-9-18(16)23/h2-9H,10-14H2,1H3. The summed E-state index contributed by atoms with van der Waals surface area (Å²) in [6, 6.07) is 15.1. The van der Waals surface area contributed by atoms with Crippen molar-refractivity contribution in [1.29, 1.82) is 0 Å². The number of urea groups is 1. The van der Waals surface area contributed by atoms with Crippen LogP contribution in [0.3, 0.4) is 0 Å². The van der Waals surface area contributed by atoms with E-state index in [4.69, 9.17) is 0 Å². The predicted molar refractivity (Wildman–Crippen MR) is 97.5 cm³/mol. The van der Waals surface area contributed by atoms with Gasteiger partial charge in [0, 0.05) is 38.2 Å². The van der Waals surface area contributed by atoms with Crippen LogP contribution in [-0.2, 0) is 6.42 Å². The molecule has 0 unspecified atom stereocenters. The smallest absolute Gasteiger partial charge is 0.321 e. The molecular formula is C20H21N3O2. The summed E-state index contributed by atoms with van der Waals surface area (Å²) in [5, 5.41) is 0. The molecule has 2 amide bonds. The highest BCUT2D eigenvalue weighted by molar-refractivity contribution is 6.12. The van der Waals surface area contributed by atoms with Crippen LogP contribution in [0.15, 0.2) is 48.5 Å². The second kappa shape index (κ2) is 6.33. The van der Waals surface area contributed by atoms with Gasteiger partial charge >= 0.3 is 6.03 Å². The maximum atomic E-state index is 13.4. The van der Waals surface area contributed by atoms with Crippen molar-refractivity contribution < 1.29 is 9.59 Å².